The third-order valence-corrected chi connectivity index (χ3v) is 5.40. The van der Waals surface area contributed by atoms with Crippen molar-refractivity contribution in [2.45, 2.75) is 51.7 Å². The van der Waals surface area contributed by atoms with Crippen molar-refractivity contribution < 1.29 is 14.5 Å². The molecule has 3 rings (SSSR count). The summed E-state index contributed by atoms with van der Waals surface area (Å²) >= 11 is 1.52. The molecular weight excluding hydrogens is 368 g/mol. The fourth-order valence-corrected chi connectivity index (χ4v) is 4.16. The Balaban J connectivity index is 1.74. The summed E-state index contributed by atoms with van der Waals surface area (Å²) in [6.07, 6.45) is 2.67. The van der Waals surface area contributed by atoms with Crippen LogP contribution in [0.15, 0.2) is 18.2 Å². The number of hydrogen-bond donors (Lipinski definition) is 1. The van der Waals surface area contributed by atoms with Crippen molar-refractivity contribution in [2.75, 3.05) is 18.0 Å². The summed E-state index contributed by atoms with van der Waals surface area (Å²) in [5.41, 5.74) is 0.146. The summed E-state index contributed by atoms with van der Waals surface area (Å²) in [7, 11) is 0. The number of anilines is 1. The van der Waals surface area contributed by atoms with Gasteiger partial charge < -0.3 is 15.0 Å². The van der Waals surface area contributed by atoms with Crippen molar-refractivity contribution in [1.82, 2.24) is 10.3 Å². The first kappa shape index (κ1) is 19.3. The number of fused-ring (bicyclic) bond motifs is 1. The minimum Gasteiger partial charge on any atom is -0.444 e. The van der Waals surface area contributed by atoms with Gasteiger partial charge in [-0.3, -0.25) is 10.1 Å². The van der Waals surface area contributed by atoms with Gasteiger partial charge in [0.25, 0.3) is 5.69 Å². The number of non-ortho nitro benzene ring substituents is 1. The average molecular weight is 392 g/mol. The maximum Gasteiger partial charge on any atom is 0.407 e. The molecule has 1 amide bonds. The standard InChI is InChI=1S/C18H24N4O4S/c1-18(2,3)26-17(23)19-11-13-6-4-5-9-21(13)16-20-14-10-12(22(24)25)7-8-15(14)27-16/h7-8,10,13H,4-6,9,11H2,1-3H3,(H,19,23)/t13-/m1/s1. The number of thiazole rings is 1. The molecule has 1 aliphatic rings. The van der Waals surface area contributed by atoms with Gasteiger partial charge in [0.15, 0.2) is 5.13 Å². The quantitative estimate of drug-likeness (QED) is 0.622. The molecule has 27 heavy (non-hydrogen) atoms. The number of carbonyl (C=O) groups excluding carboxylic acids is 1. The Morgan fingerprint density at radius 1 is 1.44 bits per heavy atom. The van der Waals surface area contributed by atoms with E-state index in [1.165, 1.54) is 23.5 Å². The Labute approximate surface area is 161 Å². The molecule has 9 heteroatoms. The number of amides is 1. The zero-order valence-corrected chi connectivity index (χ0v) is 16.5. The predicted octanol–water partition coefficient (Wildman–Crippen LogP) is 4.09. The lowest BCUT2D eigenvalue weighted by Crippen LogP contribution is -2.47. The Hall–Kier alpha value is -2.42. The minimum atomic E-state index is -0.530. The highest BCUT2D eigenvalue weighted by molar-refractivity contribution is 7.22. The summed E-state index contributed by atoms with van der Waals surface area (Å²) in [5.74, 6) is 0. The van der Waals surface area contributed by atoms with Crippen molar-refractivity contribution in [1.29, 1.82) is 0 Å². The van der Waals surface area contributed by atoms with E-state index in [9.17, 15) is 14.9 Å². The summed E-state index contributed by atoms with van der Waals surface area (Å²) in [5, 5.41) is 14.7. The maximum atomic E-state index is 12.0. The lowest BCUT2D eigenvalue weighted by atomic mass is 10.0. The number of ether oxygens (including phenoxy) is 1. The second kappa shape index (κ2) is 7.67. The molecule has 0 spiro atoms. The molecule has 1 N–H and O–H groups in total. The van der Waals surface area contributed by atoms with Gasteiger partial charge in [-0.05, 0) is 46.1 Å². The highest BCUT2D eigenvalue weighted by atomic mass is 32.1. The van der Waals surface area contributed by atoms with Crippen LogP contribution in [0.25, 0.3) is 10.2 Å². The summed E-state index contributed by atoms with van der Waals surface area (Å²) in [6.45, 7) is 6.83. The summed E-state index contributed by atoms with van der Waals surface area (Å²) < 4.78 is 6.22. The van der Waals surface area contributed by atoms with Crippen LogP contribution in [-0.4, -0.2) is 40.7 Å². The van der Waals surface area contributed by atoms with Gasteiger partial charge >= 0.3 is 6.09 Å². The van der Waals surface area contributed by atoms with E-state index in [1.807, 2.05) is 20.8 Å². The van der Waals surface area contributed by atoms with Gasteiger partial charge in [-0.25, -0.2) is 9.78 Å². The summed E-state index contributed by atoms with van der Waals surface area (Å²) in [4.78, 5) is 29.3. The molecule has 0 saturated carbocycles. The van der Waals surface area contributed by atoms with Crippen molar-refractivity contribution in [3.63, 3.8) is 0 Å². The van der Waals surface area contributed by atoms with E-state index in [-0.39, 0.29) is 11.7 Å². The molecule has 1 aromatic heterocycles. The number of carbonyl (C=O) groups is 1. The Bertz CT molecular complexity index is 845. The molecule has 1 aliphatic heterocycles. The predicted molar refractivity (Wildman–Crippen MR) is 105 cm³/mol. The highest BCUT2D eigenvalue weighted by Crippen LogP contribution is 2.34. The number of nitrogens with one attached hydrogen (secondary N) is 1. The number of nitro benzene ring substituents is 1. The van der Waals surface area contributed by atoms with Crippen LogP contribution >= 0.6 is 11.3 Å². The van der Waals surface area contributed by atoms with E-state index in [2.05, 4.69) is 15.2 Å². The van der Waals surface area contributed by atoms with Gasteiger partial charge in [0, 0.05) is 31.3 Å². The lowest BCUT2D eigenvalue weighted by Gasteiger charge is -2.35. The van der Waals surface area contributed by atoms with Crippen LogP contribution in [0.1, 0.15) is 40.0 Å². The topological polar surface area (TPSA) is 97.6 Å². The zero-order chi connectivity index (χ0) is 19.6. The molecule has 146 valence electrons. The van der Waals surface area contributed by atoms with E-state index in [1.54, 1.807) is 6.07 Å². The molecule has 1 fully saturated rings. The summed E-state index contributed by atoms with van der Waals surface area (Å²) in [6, 6.07) is 4.88. The second-order valence-corrected chi connectivity index (χ2v) is 8.64. The van der Waals surface area contributed by atoms with E-state index in [4.69, 9.17) is 4.74 Å². The van der Waals surface area contributed by atoms with Gasteiger partial charge in [0.05, 0.1) is 15.1 Å². The first-order chi connectivity index (χ1) is 12.7. The van der Waals surface area contributed by atoms with Crippen LogP contribution in [-0.2, 0) is 4.74 Å². The molecule has 8 nitrogen and oxygen atoms in total. The molecular formula is C18H24N4O4S. The van der Waals surface area contributed by atoms with Crippen LogP contribution in [0.4, 0.5) is 15.6 Å². The minimum absolute atomic E-state index is 0.0427. The zero-order valence-electron chi connectivity index (χ0n) is 15.7. The molecule has 1 atom stereocenters. The normalized spacial score (nSPS) is 17.7. The number of aromatic nitrogens is 1. The number of nitro groups is 1. The fraction of sp³-hybridized carbons (Fsp3) is 0.556. The molecule has 0 aliphatic carbocycles. The average Bonchev–Trinajstić information content (AvgIpc) is 3.01. The van der Waals surface area contributed by atoms with Gasteiger partial charge in [-0.2, -0.15) is 0 Å². The van der Waals surface area contributed by atoms with Crippen LogP contribution in [0.2, 0.25) is 0 Å². The second-order valence-electron chi connectivity index (χ2n) is 7.63. The SMILES string of the molecule is CC(C)(C)OC(=O)NC[C@H]1CCCCN1c1nc2cc([N+](=O)[O-])ccc2s1. The molecule has 1 saturated heterocycles. The third-order valence-electron chi connectivity index (χ3n) is 4.32. The van der Waals surface area contributed by atoms with Crippen LogP contribution < -0.4 is 10.2 Å². The van der Waals surface area contributed by atoms with Crippen LogP contribution in [0, 0.1) is 10.1 Å². The highest BCUT2D eigenvalue weighted by Gasteiger charge is 2.27. The van der Waals surface area contributed by atoms with Gasteiger partial charge in [0.1, 0.15) is 5.60 Å². The van der Waals surface area contributed by atoms with Gasteiger partial charge in [-0.1, -0.05) is 11.3 Å². The van der Waals surface area contributed by atoms with Crippen molar-refractivity contribution in [3.8, 4) is 0 Å². The smallest absolute Gasteiger partial charge is 0.407 e. The largest absolute Gasteiger partial charge is 0.444 e. The first-order valence-corrected chi connectivity index (χ1v) is 9.83. The Kier molecular flexibility index (Phi) is 5.50. The van der Waals surface area contributed by atoms with Crippen molar-refractivity contribution >= 4 is 38.5 Å². The number of alkyl carbamates (subject to hydrolysis) is 1. The number of benzene rings is 1. The number of nitrogens with zero attached hydrogens (tertiary/aromatic N) is 3. The van der Waals surface area contributed by atoms with Gasteiger partial charge in [-0.15, -0.1) is 0 Å². The van der Waals surface area contributed by atoms with E-state index in [0.717, 1.165) is 35.6 Å². The number of piperidine rings is 1. The number of hydrogen-bond acceptors (Lipinski definition) is 7. The van der Waals surface area contributed by atoms with Crippen LogP contribution in [0.5, 0.6) is 0 Å². The molecule has 0 bridgehead atoms. The number of rotatable bonds is 4. The van der Waals surface area contributed by atoms with E-state index in [0.29, 0.717) is 12.1 Å². The van der Waals surface area contributed by atoms with E-state index >= 15 is 0 Å². The lowest BCUT2D eigenvalue weighted by molar-refractivity contribution is -0.384. The monoisotopic (exact) mass is 392 g/mol. The van der Waals surface area contributed by atoms with Crippen LogP contribution in [0.3, 0.4) is 0 Å². The molecule has 1 aromatic carbocycles. The van der Waals surface area contributed by atoms with Gasteiger partial charge in [0.2, 0.25) is 0 Å². The van der Waals surface area contributed by atoms with E-state index < -0.39 is 16.6 Å². The molecule has 2 aromatic rings. The molecule has 0 unspecified atom stereocenters. The fourth-order valence-electron chi connectivity index (χ4n) is 3.12. The van der Waals surface area contributed by atoms with Crippen molar-refractivity contribution in [3.05, 3.63) is 28.3 Å². The third kappa shape index (κ3) is 4.85. The molecule has 0 radical (unpaired) electrons. The first-order valence-electron chi connectivity index (χ1n) is 9.01. The van der Waals surface area contributed by atoms with Crippen molar-refractivity contribution in [2.24, 2.45) is 0 Å². The Morgan fingerprint density at radius 2 is 2.22 bits per heavy atom. The maximum absolute atomic E-state index is 12.0. The Morgan fingerprint density at radius 3 is 2.93 bits per heavy atom. The molecule has 2 heterocycles.